The SMILES string of the molecule is C/C=C1/CCC(OCCC)C(O)C1. The predicted molar refractivity (Wildman–Crippen MR) is 53.6 cm³/mol. The van der Waals surface area contributed by atoms with Gasteiger partial charge in [0.15, 0.2) is 0 Å². The highest BCUT2D eigenvalue weighted by Crippen LogP contribution is 2.25. The van der Waals surface area contributed by atoms with E-state index >= 15 is 0 Å². The van der Waals surface area contributed by atoms with E-state index in [9.17, 15) is 5.11 Å². The summed E-state index contributed by atoms with van der Waals surface area (Å²) in [6, 6.07) is 0. The summed E-state index contributed by atoms with van der Waals surface area (Å²) in [5, 5.41) is 9.73. The van der Waals surface area contributed by atoms with Crippen molar-refractivity contribution in [2.45, 2.75) is 51.7 Å². The molecular weight excluding hydrogens is 164 g/mol. The van der Waals surface area contributed by atoms with E-state index < -0.39 is 0 Å². The molecule has 0 aromatic rings. The van der Waals surface area contributed by atoms with Crippen LogP contribution in [0.3, 0.4) is 0 Å². The normalized spacial score (nSPS) is 32.4. The van der Waals surface area contributed by atoms with Crippen molar-refractivity contribution in [1.29, 1.82) is 0 Å². The van der Waals surface area contributed by atoms with Crippen molar-refractivity contribution in [3.05, 3.63) is 11.6 Å². The molecule has 13 heavy (non-hydrogen) atoms. The van der Waals surface area contributed by atoms with Crippen LogP contribution in [0.4, 0.5) is 0 Å². The zero-order chi connectivity index (χ0) is 9.68. The zero-order valence-electron chi connectivity index (χ0n) is 8.62. The molecule has 2 nitrogen and oxygen atoms in total. The molecule has 0 heterocycles. The fourth-order valence-electron chi connectivity index (χ4n) is 1.75. The average Bonchev–Trinajstić information content (AvgIpc) is 2.16. The van der Waals surface area contributed by atoms with E-state index in [4.69, 9.17) is 4.74 Å². The summed E-state index contributed by atoms with van der Waals surface area (Å²) in [6.07, 6.45) is 5.78. The Bertz CT molecular complexity index is 175. The smallest absolute Gasteiger partial charge is 0.0840 e. The van der Waals surface area contributed by atoms with Gasteiger partial charge in [0.2, 0.25) is 0 Å². The molecule has 0 radical (unpaired) electrons. The fraction of sp³-hybridized carbons (Fsp3) is 0.818. The topological polar surface area (TPSA) is 29.5 Å². The molecule has 0 spiro atoms. The van der Waals surface area contributed by atoms with Crippen LogP contribution in [0.5, 0.6) is 0 Å². The first-order chi connectivity index (χ1) is 6.27. The van der Waals surface area contributed by atoms with Crippen molar-refractivity contribution in [3.63, 3.8) is 0 Å². The average molecular weight is 184 g/mol. The number of hydrogen-bond donors (Lipinski definition) is 1. The highest BCUT2D eigenvalue weighted by Gasteiger charge is 2.25. The lowest BCUT2D eigenvalue weighted by Gasteiger charge is -2.29. The van der Waals surface area contributed by atoms with Crippen LogP contribution in [0.2, 0.25) is 0 Å². The molecule has 0 aliphatic heterocycles. The van der Waals surface area contributed by atoms with Gasteiger partial charge in [0, 0.05) is 6.61 Å². The summed E-state index contributed by atoms with van der Waals surface area (Å²) in [4.78, 5) is 0. The van der Waals surface area contributed by atoms with Crippen LogP contribution < -0.4 is 0 Å². The Morgan fingerprint density at radius 1 is 1.62 bits per heavy atom. The Hall–Kier alpha value is -0.340. The number of ether oxygens (including phenoxy) is 1. The number of rotatable bonds is 3. The number of allylic oxidation sites excluding steroid dienone is 1. The van der Waals surface area contributed by atoms with Gasteiger partial charge in [0.1, 0.15) is 0 Å². The standard InChI is InChI=1S/C11H20O2/c1-3-7-13-11-6-5-9(4-2)8-10(11)12/h4,10-12H,3,5-8H2,1-2H3/b9-4-. The molecule has 1 rings (SSSR count). The molecule has 1 N–H and O–H groups in total. The van der Waals surface area contributed by atoms with Crippen molar-refractivity contribution in [2.75, 3.05) is 6.61 Å². The first-order valence-electron chi connectivity index (χ1n) is 5.21. The highest BCUT2D eigenvalue weighted by atomic mass is 16.5. The third-order valence-corrected chi connectivity index (χ3v) is 2.59. The van der Waals surface area contributed by atoms with E-state index in [1.807, 2.05) is 6.92 Å². The molecule has 0 aromatic heterocycles. The second kappa shape index (κ2) is 5.40. The van der Waals surface area contributed by atoms with Crippen molar-refractivity contribution < 1.29 is 9.84 Å². The van der Waals surface area contributed by atoms with Gasteiger partial charge in [0.05, 0.1) is 12.2 Å². The summed E-state index contributed by atoms with van der Waals surface area (Å²) >= 11 is 0. The van der Waals surface area contributed by atoms with E-state index in [0.717, 1.165) is 32.3 Å². The van der Waals surface area contributed by atoms with Crippen LogP contribution in [0.25, 0.3) is 0 Å². The lowest BCUT2D eigenvalue weighted by atomic mass is 9.90. The molecule has 1 aliphatic rings. The van der Waals surface area contributed by atoms with Crippen LogP contribution >= 0.6 is 0 Å². The maximum Gasteiger partial charge on any atom is 0.0840 e. The molecule has 1 saturated carbocycles. The lowest BCUT2D eigenvalue weighted by molar-refractivity contribution is -0.0490. The molecule has 76 valence electrons. The second-order valence-corrected chi connectivity index (χ2v) is 3.67. The third-order valence-electron chi connectivity index (χ3n) is 2.59. The monoisotopic (exact) mass is 184 g/mol. The van der Waals surface area contributed by atoms with Gasteiger partial charge in [-0.3, -0.25) is 0 Å². The number of aliphatic hydroxyl groups is 1. The molecule has 1 aliphatic carbocycles. The van der Waals surface area contributed by atoms with Gasteiger partial charge < -0.3 is 9.84 Å². The van der Waals surface area contributed by atoms with E-state index in [1.54, 1.807) is 0 Å². The summed E-state index contributed by atoms with van der Waals surface area (Å²) in [5.41, 5.74) is 1.36. The van der Waals surface area contributed by atoms with Crippen molar-refractivity contribution in [2.24, 2.45) is 0 Å². The van der Waals surface area contributed by atoms with E-state index in [-0.39, 0.29) is 12.2 Å². The fourth-order valence-corrected chi connectivity index (χ4v) is 1.75. The van der Waals surface area contributed by atoms with Crippen molar-refractivity contribution in [3.8, 4) is 0 Å². The van der Waals surface area contributed by atoms with Gasteiger partial charge in [-0.25, -0.2) is 0 Å². The molecule has 0 amide bonds. The quantitative estimate of drug-likeness (QED) is 0.682. The van der Waals surface area contributed by atoms with Crippen molar-refractivity contribution >= 4 is 0 Å². The highest BCUT2D eigenvalue weighted by molar-refractivity contribution is 5.06. The summed E-state index contributed by atoms with van der Waals surface area (Å²) in [7, 11) is 0. The molecule has 2 heteroatoms. The Morgan fingerprint density at radius 3 is 2.92 bits per heavy atom. The maximum absolute atomic E-state index is 9.73. The summed E-state index contributed by atoms with van der Waals surface area (Å²) in [6.45, 7) is 4.90. The van der Waals surface area contributed by atoms with E-state index in [1.165, 1.54) is 5.57 Å². The van der Waals surface area contributed by atoms with Gasteiger partial charge in [-0.2, -0.15) is 0 Å². The molecule has 1 fully saturated rings. The minimum atomic E-state index is -0.286. The number of aliphatic hydroxyl groups excluding tert-OH is 1. The van der Waals surface area contributed by atoms with Gasteiger partial charge in [-0.05, 0) is 32.6 Å². The largest absolute Gasteiger partial charge is 0.390 e. The van der Waals surface area contributed by atoms with E-state index in [0.29, 0.717) is 0 Å². The Kier molecular flexibility index (Phi) is 4.46. The van der Waals surface area contributed by atoms with Gasteiger partial charge in [-0.15, -0.1) is 0 Å². The lowest BCUT2D eigenvalue weighted by Crippen LogP contribution is -2.33. The molecule has 2 atom stereocenters. The van der Waals surface area contributed by atoms with Crippen LogP contribution in [0.1, 0.15) is 39.5 Å². The van der Waals surface area contributed by atoms with Gasteiger partial charge >= 0.3 is 0 Å². The minimum Gasteiger partial charge on any atom is -0.390 e. The van der Waals surface area contributed by atoms with Crippen molar-refractivity contribution in [1.82, 2.24) is 0 Å². The van der Waals surface area contributed by atoms with Crippen LogP contribution in [0.15, 0.2) is 11.6 Å². The molecule has 0 aromatic carbocycles. The van der Waals surface area contributed by atoms with Crippen LogP contribution in [-0.2, 0) is 4.74 Å². The van der Waals surface area contributed by atoms with Crippen LogP contribution in [-0.4, -0.2) is 23.9 Å². The predicted octanol–water partition coefficient (Wildman–Crippen LogP) is 2.27. The number of hydrogen-bond acceptors (Lipinski definition) is 2. The second-order valence-electron chi connectivity index (χ2n) is 3.67. The summed E-state index contributed by atoms with van der Waals surface area (Å²) in [5.74, 6) is 0. The molecule has 0 saturated heterocycles. The molecular formula is C11H20O2. The Labute approximate surface area is 80.6 Å². The molecule has 2 unspecified atom stereocenters. The maximum atomic E-state index is 9.73. The minimum absolute atomic E-state index is 0.0728. The van der Waals surface area contributed by atoms with E-state index in [2.05, 4.69) is 13.0 Å². The first kappa shape index (κ1) is 10.7. The Morgan fingerprint density at radius 2 is 2.38 bits per heavy atom. The Balaban J connectivity index is 2.35. The molecule has 0 bridgehead atoms. The van der Waals surface area contributed by atoms with Gasteiger partial charge in [-0.1, -0.05) is 18.6 Å². The van der Waals surface area contributed by atoms with Gasteiger partial charge in [0.25, 0.3) is 0 Å². The third kappa shape index (κ3) is 3.12. The summed E-state index contributed by atoms with van der Waals surface area (Å²) < 4.78 is 5.56. The first-order valence-corrected chi connectivity index (χ1v) is 5.21. The zero-order valence-corrected chi connectivity index (χ0v) is 8.62. The van der Waals surface area contributed by atoms with Crippen LogP contribution in [0, 0.1) is 0 Å².